The number of aliphatic imine (C=N–C) groups is 1. The maximum atomic E-state index is 13.0. The molecule has 0 saturated heterocycles. The topological polar surface area (TPSA) is 83.3 Å². The number of aliphatic hydroxyl groups excluding tert-OH is 1. The molecule has 1 aromatic carbocycles. The Kier molecular flexibility index (Phi) is 5.45. The minimum absolute atomic E-state index is 0.0989. The number of hydrogen-bond donors (Lipinski definition) is 2. The van der Waals surface area contributed by atoms with E-state index in [1.54, 1.807) is 0 Å². The molecule has 6 nitrogen and oxygen atoms in total. The highest BCUT2D eigenvalue weighted by molar-refractivity contribution is 7.20. The minimum atomic E-state index is -0.118. The zero-order valence-electron chi connectivity index (χ0n) is 14.5. The molecule has 0 fully saturated rings. The van der Waals surface area contributed by atoms with Gasteiger partial charge in [0.25, 0.3) is 5.56 Å². The SMILES string of the molecule is CCCc1[nH]n(-c2nc3ccccc3s2)c(=O)c1C(C)=NCCCO. The van der Waals surface area contributed by atoms with Gasteiger partial charge in [-0.2, -0.15) is 4.68 Å². The van der Waals surface area contributed by atoms with E-state index >= 15 is 0 Å². The van der Waals surface area contributed by atoms with Crippen LogP contribution in [0.1, 0.15) is 37.9 Å². The third kappa shape index (κ3) is 3.57. The van der Waals surface area contributed by atoms with Crippen molar-refractivity contribution in [1.29, 1.82) is 0 Å². The molecule has 0 aliphatic heterocycles. The highest BCUT2D eigenvalue weighted by Crippen LogP contribution is 2.24. The summed E-state index contributed by atoms with van der Waals surface area (Å²) < 4.78 is 2.57. The summed E-state index contributed by atoms with van der Waals surface area (Å²) in [5.41, 5.74) is 2.98. The molecule has 0 atom stereocenters. The van der Waals surface area contributed by atoms with Crippen molar-refractivity contribution in [3.63, 3.8) is 0 Å². The summed E-state index contributed by atoms with van der Waals surface area (Å²) in [4.78, 5) is 22.0. The van der Waals surface area contributed by atoms with Gasteiger partial charge in [-0.3, -0.25) is 14.9 Å². The van der Waals surface area contributed by atoms with Gasteiger partial charge in [0, 0.05) is 24.6 Å². The first kappa shape index (κ1) is 17.6. The van der Waals surface area contributed by atoms with Crippen LogP contribution in [0.4, 0.5) is 0 Å². The molecular weight excluding hydrogens is 336 g/mol. The van der Waals surface area contributed by atoms with Crippen LogP contribution in [0.2, 0.25) is 0 Å². The highest BCUT2D eigenvalue weighted by atomic mass is 32.1. The number of aliphatic hydroxyl groups is 1. The molecular formula is C18H22N4O2S. The molecule has 0 aliphatic carbocycles. The molecule has 132 valence electrons. The number of aryl methyl sites for hydroxylation is 1. The van der Waals surface area contributed by atoms with Crippen LogP contribution in [0.3, 0.4) is 0 Å². The quantitative estimate of drug-likeness (QED) is 0.503. The number of H-pyrrole nitrogens is 1. The van der Waals surface area contributed by atoms with Crippen molar-refractivity contribution in [1.82, 2.24) is 14.8 Å². The van der Waals surface area contributed by atoms with Crippen LogP contribution in [-0.2, 0) is 6.42 Å². The largest absolute Gasteiger partial charge is 0.396 e. The third-order valence-corrected chi connectivity index (χ3v) is 4.99. The molecule has 2 heterocycles. The van der Waals surface area contributed by atoms with Crippen molar-refractivity contribution in [3.05, 3.63) is 45.9 Å². The fraction of sp³-hybridized carbons (Fsp3) is 0.389. The van der Waals surface area contributed by atoms with Crippen LogP contribution in [0.15, 0.2) is 34.1 Å². The molecule has 3 rings (SSSR count). The van der Waals surface area contributed by atoms with Gasteiger partial charge in [0.1, 0.15) is 0 Å². The zero-order valence-corrected chi connectivity index (χ0v) is 15.3. The van der Waals surface area contributed by atoms with E-state index in [0.29, 0.717) is 29.4 Å². The first-order valence-electron chi connectivity index (χ1n) is 8.47. The first-order valence-corrected chi connectivity index (χ1v) is 9.29. The number of rotatable bonds is 7. The fourth-order valence-electron chi connectivity index (χ4n) is 2.77. The van der Waals surface area contributed by atoms with Gasteiger partial charge in [-0.25, -0.2) is 4.98 Å². The summed E-state index contributed by atoms with van der Waals surface area (Å²) in [5.74, 6) is 0. The molecule has 7 heteroatoms. The molecule has 0 spiro atoms. The van der Waals surface area contributed by atoms with E-state index in [2.05, 4.69) is 22.0 Å². The van der Waals surface area contributed by atoms with Gasteiger partial charge in [0.15, 0.2) is 0 Å². The molecule has 0 saturated carbocycles. The summed E-state index contributed by atoms with van der Waals surface area (Å²) in [6.45, 7) is 4.54. The number of nitrogens with one attached hydrogen (secondary N) is 1. The fourth-order valence-corrected chi connectivity index (χ4v) is 3.70. The van der Waals surface area contributed by atoms with Gasteiger partial charge in [0.05, 0.1) is 15.8 Å². The normalized spacial score (nSPS) is 12.2. The van der Waals surface area contributed by atoms with Crippen LogP contribution in [0, 0.1) is 0 Å². The Balaban J connectivity index is 2.07. The number of thiazole rings is 1. The predicted octanol–water partition coefficient (Wildman–Crippen LogP) is 2.92. The molecule has 2 aromatic heterocycles. The molecule has 25 heavy (non-hydrogen) atoms. The summed E-state index contributed by atoms with van der Waals surface area (Å²) in [5, 5.41) is 12.8. The number of hydrogen-bond acceptors (Lipinski definition) is 5. The van der Waals surface area contributed by atoms with E-state index in [4.69, 9.17) is 5.11 Å². The van der Waals surface area contributed by atoms with E-state index in [-0.39, 0.29) is 12.2 Å². The lowest BCUT2D eigenvalue weighted by Crippen LogP contribution is -2.20. The van der Waals surface area contributed by atoms with Crippen LogP contribution in [-0.4, -0.2) is 38.7 Å². The molecule has 2 N–H and O–H groups in total. The van der Waals surface area contributed by atoms with E-state index in [9.17, 15) is 4.79 Å². The smallest absolute Gasteiger partial charge is 0.282 e. The second-order valence-electron chi connectivity index (χ2n) is 5.86. The van der Waals surface area contributed by atoms with Crippen molar-refractivity contribution >= 4 is 27.3 Å². The van der Waals surface area contributed by atoms with Crippen molar-refractivity contribution < 1.29 is 5.11 Å². The highest BCUT2D eigenvalue weighted by Gasteiger charge is 2.19. The lowest BCUT2D eigenvalue weighted by molar-refractivity contribution is 0.291. The van der Waals surface area contributed by atoms with Gasteiger partial charge < -0.3 is 5.11 Å². The van der Waals surface area contributed by atoms with Gasteiger partial charge >= 0.3 is 0 Å². The van der Waals surface area contributed by atoms with Crippen molar-refractivity contribution in [2.24, 2.45) is 4.99 Å². The molecule has 0 radical (unpaired) electrons. The molecule has 3 aromatic rings. The zero-order chi connectivity index (χ0) is 17.8. The van der Waals surface area contributed by atoms with Gasteiger partial charge in [0.2, 0.25) is 5.13 Å². The molecule has 0 aliphatic rings. The van der Waals surface area contributed by atoms with Crippen LogP contribution < -0.4 is 5.56 Å². The van der Waals surface area contributed by atoms with Crippen LogP contribution >= 0.6 is 11.3 Å². The van der Waals surface area contributed by atoms with Gasteiger partial charge in [-0.1, -0.05) is 36.8 Å². The second kappa shape index (κ2) is 7.76. The maximum Gasteiger partial charge on any atom is 0.282 e. The van der Waals surface area contributed by atoms with Crippen molar-refractivity contribution in [2.45, 2.75) is 33.1 Å². The number of aromatic amines is 1. The minimum Gasteiger partial charge on any atom is -0.396 e. The Labute approximate surface area is 149 Å². The van der Waals surface area contributed by atoms with Crippen LogP contribution in [0.25, 0.3) is 15.3 Å². The Morgan fingerprint density at radius 1 is 1.40 bits per heavy atom. The van der Waals surface area contributed by atoms with Gasteiger partial charge in [-0.15, -0.1) is 0 Å². The lowest BCUT2D eigenvalue weighted by Gasteiger charge is -2.00. The van der Waals surface area contributed by atoms with E-state index < -0.39 is 0 Å². The number of nitrogens with zero attached hydrogens (tertiary/aromatic N) is 3. The average molecular weight is 358 g/mol. The molecule has 0 amide bonds. The lowest BCUT2D eigenvalue weighted by atomic mass is 10.1. The Morgan fingerprint density at radius 2 is 2.20 bits per heavy atom. The van der Waals surface area contributed by atoms with E-state index in [1.807, 2.05) is 31.2 Å². The van der Waals surface area contributed by atoms with Crippen molar-refractivity contribution in [2.75, 3.05) is 13.2 Å². The Hall–Kier alpha value is -2.25. The number of benzene rings is 1. The summed E-state index contributed by atoms with van der Waals surface area (Å²) in [6.07, 6.45) is 2.29. The standard InChI is InChI=1S/C18H22N4O2S/c1-3-7-14-16(12(2)19-10-6-11-23)17(24)22(21-14)18-20-13-8-4-5-9-15(13)25-18/h4-5,8-9,21,23H,3,6-7,10-11H2,1-2H3. The van der Waals surface area contributed by atoms with E-state index in [0.717, 1.165) is 28.8 Å². The van der Waals surface area contributed by atoms with E-state index in [1.165, 1.54) is 16.0 Å². The average Bonchev–Trinajstić information content (AvgIpc) is 3.16. The Bertz CT molecular complexity index is 919. The first-order chi connectivity index (χ1) is 12.2. The van der Waals surface area contributed by atoms with Gasteiger partial charge in [-0.05, 0) is 31.9 Å². The van der Waals surface area contributed by atoms with Crippen LogP contribution in [0.5, 0.6) is 0 Å². The molecule has 0 bridgehead atoms. The summed E-state index contributed by atoms with van der Waals surface area (Å²) in [7, 11) is 0. The molecule has 0 unspecified atom stereocenters. The third-order valence-electron chi connectivity index (χ3n) is 3.97. The number of fused-ring (bicyclic) bond motifs is 1. The summed E-state index contributed by atoms with van der Waals surface area (Å²) in [6, 6.07) is 7.85. The summed E-state index contributed by atoms with van der Waals surface area (Å²) >= 11 is 1.49. The Morgan fingerprint density at radius 3 is 2.92 bits per heavy atom. The number of para-hydroxylation sites is 1. The monoisotopic (exact) mass is 358 g/mol. The van der Waals surface area contributed by atoms with Crippen molar-refractivity contribution in [3.8, 4) is 5.13 Å². The predicted molar refractivity (Wildman–Crippen MR) is 102 cm³/mol. The maximum absolute atomic E-state index is 13.0. The second-order valence-corrected chi connectivity index (χ2v) is 6.87. The number of aromatic nitrogens is 3.